The zero-order chi connectivity index (χ0) is 14.1. The van der Waals surface area contributed by atoms with Crippen LogP contribution in [0.5, 0.6) is 0 Å². The third-order valence-electron chi connectivity index (χ3n) is 2.91. The number of hydrogen-bond donors (Lipinski definition) is 1. The van der Waals surface area contributed by atoms with Crippen LogP contribution in [0.2, 0.25) is 0 Å². The molecule has 0 bridgehead atoms. The van der Waals surface area contributed by atoms with Crippen molar-refractivity contribution in [1.29, 1.82) is 0 Å². The normalized spacial score (nSPS) is 12.9. The Labute approximate surface area is 115 Å². The Morgan fingerprint density at radius 1 is 1.16 bits per heavy atom. The minimum absolute atomic E-state index is 0.0231. The lowest BCUT2D eigenvalue weighted by atomic mass is 10.1. The highest BCUT2D eigenvalue weighted by Gasteiger charge is 2.11. The molecule has 108 valence electrons. The average Bonchev–Trinajstić information content (AvgIpc) is 2.39. The van der Waals surface area contributed by atoms with E-state index >= 15 is 0 Å². The summed E-state index contributed by atoms with van der Waals surface area (Å²) < 4.78 is 24.5. The van der Waals surface area contributed by atoms with Gasteiger partial charge in [-0.15, -0.1) is 0 Å². The van der Waals surface area contributed by atoms with E-state index in [0.29, 0.717) is 18.8 Å². The van der Waals surface area contributed by atoms with Crippen LogP contribution in [0.3, 0.4) is 0 Å². The van der Waals surface area contributed by atoms with E-state index in [1.165, 1.54) is 6.07 Å². The zero-order valence-electron chi connectivity index (χ0n) is 12.0. The van der Waals surface area contributed by atoms with Crippen LogP contribution in [0.15, 0.2) is 24.3 Å². The molecule has 4 heteroatoms. The largest absolute Gasteiger partial charge is 0.353 e. The summed E-state index contributed by atoms with van der Waals surface area (Å²) in [7, 11) is 0. The molecule has 0 radical (unpaired) electrons. The summed E-state index contributed by atoms with van der Waals surface area (Å²) in [6, 6.07) is 6.81. The highest BCUT2D eigenvalue weighted by atomic mass is 19.1. The van der Waals surface area contributed by atoms with Crippen LogP contribution in [0, 0.1) is 5.82 Å². The molecular weight excluding hydrogens is 245 g/mol. The summed E-state index contributed by atoms with van der Waals surface area (Å²) >= 11 is 0. The molecule has 1 aromatic rings. The molecule has 0 amide bonds. The molecule has 19 heavy (non-hydrogen) atoms. The quantitative estimate of drug-likeness (QED) is 0.698. The fraction of sp³-hybridized carbons (Fsp3) is 0.600. The smallest absolute Gasteiger partial charge is 0.158 e. The van der Waals surface area contributed by atoms with Crippen LogP contribution in [0.4, 0.5) is 4.39 Å². The highest BCUT2D eigenvalue weighted by Crippen LogP contribution is 2.16. The molecule has 0 fully saturated rings. The average molecular weight is 269 g/mol. The van der Waals surface area contributed by atoms with Crippen molar-refractivity contribution in [2.24, 2.45) is 0 Å². The number of hydrogen-bond acceptors (Lipinski definition) is 3. The molecule has 1 rings (SSSR count). The second kappa shape index (κ2) is 9.02. The van der Waals surface area contributed by atoms with Gasteiger partial charge in [0.2, 0.25) is 0 Å². The van der Waals surface area contributed by atoms with Gasteiger partial charge >= 0.3 is 0 Å². The Hall–Kier alpha value is -0.970. The van der Waals surface area contributed by atoms with E-state index in [1.54, 1.807) is 12.1 Å². The molecule has 1 atom stereocenters. The number of rotatable bonds is 9. The Balaban J connectivity index is 2.37. The van der Waals surface area contributed by atoms with Gasteiger partial charge in [-0.25, -0.2) is 4.39 Å². The molecule has 0 aliphatic heterocycles. The number of nitrogens with one attached hydrogen (secondary N) is 1. The Bertz CT molecular complexity index is 354. The summed E-state index contributed by atoms with van der Waals surface area (Å²) in [6.07, 6.45) is 0.566. The minimum Gasteiger partial charge on any atom is -0.353 e. The second-order valence-corrected chi connectivity index (χ2v) is 4.33. The summed E-state index contributed by atoms with van der Waals surface area (Å²) in [5.74, 6) is -0.173. The molecule has 0 aliphatic carbocycles. The van der Waals surface area contributed by atoms with E-state index < -0.39 is 0 Å². The fourth-order valence-electron chi connectivity index (χ4n) is 1.94. The van der Waals surface area contributed by atoms with Gasteiger partial charge in [-0.3, -0.25) is 0 Å². The summed E-state index contributed by atoms with van der Waals surface area (Å²) in [5, 5.41) is 3.29. The maximum Gasteiger partial charge on any atom is 0.158 e. The van der Waals surface area contributed by atoms with E-state index in [4.69, 9.17) is 9.47 Å². The van der Waals surface area contributed by atoms with Crippen LogP contribution in [0.1, 0.15) is 38.8 Å². The van der Waals surface area contributed by atoms with Crippen molar-refractivity contribution < 1.29 is 13.9 Å². The van der Waals surface area contributed by atoms with Gasteiger partial charge < -0.3 is 14.8 Å². The predicted molar refractivity (Wildman–Crippen MR) is 74.5 cm³/mol. The Kier molecular flexibility index (Phi) is 7.63. The van der Waals surface area contributed by atoms with Gasteiger partial charge in [-0.1, -0.05) is 18.2 Å². The van der Waals surface area contributed by atoms with Crippen LogP contribution < -0.4 is 5.32 Å². The number of benzene rings is 1. The number of halogens is 1. The van der Waals surface area contributed by atoms with Gasteiger partial charge in [-0.2, -0.15) is 0 Å². The molecule has 1 aromatic carbocycles. The highest BCUT2D eigenvalue weighted by molar-refractivity contribution is 5.20. The summed E-state index contributed by atoms with van der Waals surface area (Å²) in [5.41, 5.74) is 0.687. The lowest BCUT2D eigenvalue weighted by Gasteiger charge is -2.19. The van der Waals surface area contributed by atoms with Gasteiger partial charge in [-0.05, 0) is 26.8 Å². The van der Waals surface area contributed by atoms with Gasteiger partial charge in [0.15, 0.2) is 6.29 Å². The van der Waals surface area contributed by atoms with Crippen molar-refractivity contribution in [3.8, 4) is 0 Å². The lowest BCUT2D eigenvalue weighted by molar-refractivity contribution is -0.138. The SMILES string of the molecule is CCOC(CCN[C@H](C)c1ccccc1F)OCC. The van der Waals surface area contributed by atoms with Crippen LogP contribution in [-0.2, 0) is 9.47 Å². The predicted octanol–water partition coefficient (Wildman–Crippen LogP) is 3.27. The van der Waals surface area contributed by atoms with Crippen LogP contribution in [-0.4, -0.2) is 26.0 Å². The topological polar surface area (TPSA) is 30.5 Å². The van der Waals surface area contributed by atoms with E-state index in [9.17, 15) is 4.39 Å². The first kappa shape index (κ1) is 16.1. The third kappa shape index (κ3) is 5.68. The van der Waals surface area contributed by atoms with Crippen molar-refractivity contribution in [2.75, 3.05) is 19.8 Å². The fourth-order valence-corrected chi connectivity index (χ4v) is 1.94. The van der Waals surface area contributed by atoms with Gasteiger partial charge in [0.05, 0.1) is 0 Å². The monoisotopic (exact) mass is 269 g/mol. The molecule has 0 saturated carbocycles. The lowest BCUT2D eigenvalue weighted by Crippen LogP contribution is -2.27. The molecule has 0 spiro atoms. The van der Waals surface area contributed by atoms with Gasteiger partial charge in [0.1, 0.15) is 5.82 Å². The molecule has 0 saturated heterocycles. The van der Waals surface area contributed by atoms with Crippen molar-refractivity contribution in [2.45, 2.75) is 39.5 Å². The Morgan fingerprint density at radius 2 is 1.79 bits per heavy atom. The second-order valence-electron chi connectivity index (χ2n) is 4.33. The van der Waals surface area contributed by atoms with Crippen molar-refractivity contribution in [3.05, 3.63) is 35.6 Å². The van der Waals surface area contributed by atoms with Gasteiger partial charge in [0, 0.05) is 37.8 Å². The zero-order valence-corrected chi connectivity index (χ0v) is 12.0. The maximum atomic E-state index is 13.6. The van der Waals surface area contributed by atoms with E-state index in [-0.39, 0.29) is 18.1 Å². The molecular formula is C15H24FNO2. The summed E-state index contributed by atoms with van der Waals surface area (Å²) in [6.45, 7) is 7.83. The molecule has 0 aromatic heterocycles. The van der Waals surface area contributed by atoms with Crippen molar-refractivity contribution >= 4 is 0 Å². The molecule has 0 heterocycles. The first-order valence-electron chi connectivity index (χ1n) is 6.90. The van der Waals surface area contributed by atoms with E-state index in [2.05, 4.69) is 5.32 Å². The van der Waals surface area contributed by atoms with Crippen molar-refractivity contribution in [1.82, 2.24) is 5.32 Å². The van der Waals surface area contributed by atoms with E-state index in [0.717, 1.165) is 13.0 Å². The van der Waals surface area contributed by atoms with Crippen molar-refractivity contribution in [3.63, 3.8) is 0 Å². The maximum absolute atomic E-state index is 13.6. The molecule has 3 nitrogen and oxygen atoms in total. The third-order valence-corrected chi connectivity index (χ3v) is 2.91. The molecule has 1 N–H and O–H groups in total. The van der Waals surface area contributed by atoms with Gasteiger partial charge in [0.25, 0.3) is 0 Å². The first-order chi connectivity index (χ1) is 9.19. The first-order valence-corrected chi connectivity index (χ1v) is 6.90. The van der Waals surface area contributed by atoms with Crippen LogP contribution in [0.25, 0.3) is 0 Å². The minimum atomic E-state index is -0.185. The molecule has 0 unspecified atom stereocenters. The van der Waals surface area contributed by atoms with E-state index in [1.807, 2.05) is 26.8 Å². The van der Waals surface area contributed by atoms with Crippen LogP contribution >= 0.6 is 0 Å². The Morgan fingerprint density at radius 3 is 2.37 bits per heavy atom. The molecule has 0 aliphatic rings. The number of ether oxygens (including phenoxy) is 2. The summed E-state index contributed by atoms with van der Waals surface area (Å²) in [4.78, 5) is 0. The standard InChI is InChI=1S/C15H24FNO2/c1-4-18-15(19-5-2)10-11-17-12(3)13-8-6-7-9-14(13)16/h6-9,12,15,17H,4-5,10-11H2,1-3H3/t12-/m1/s1.